The number of piperazine rings is 1. The lowest BCUT2D eigenvalue weighted by atomic mass is 9.96. The van der Waals surface area contributed by atoms with Crippen LogP contribution in [0.3, 0.4) is 0 Å². The molecule has 3 aromatic heterocycles. The number of nitrogens with one attached hydrogen (secondary N) is 1. The summed E-state index contributed by atoms with van der Waals surface area (Å²) >= 11 is 9.24. The van der Waals surface area contributed by atoms with Crippen LogP contribution in [-0.4, -0.2) is 80.6 Å². The Morgan fingerprint density at radius 2 is 1.25 bits per heavy atom. The smallest absolute Gasteiger partial charge is 0.248 e. The van der Waals surface area contributed by atoms with E-state index in [0.717, 1.165) is 98.5 Å². The number of piperidine rings is 1. The first-order chi connectivity index (χ1) is 31.0. The van der Waals surface area contributed by atoms with E-state index >= 15 is 0 Å². The Balaban J connectivity index is 0.000000157. The zero-order valence-electron chi connectivity index (χ0n) is 36.4. The topological polar surface area (TPSA) is 78.1 Å². The van der Waals surface area contributed by atoms with E-state index in [2.05, 4.69) is 79.0 Å². The van der Waals surface area contributed by atoms with E-state index in [-0.39, 0.29) is 23.7 Å². The van der Waals surface area contributed by atoms with Gasteiger partial charge < -0.3 is 24.3 Å². The minimum absolute atomic E-state index is 0. The second kappa shape index (κ2) is 23.9. The summed E-state index contributed by atoms with van der Waals surface area (Å²) in [6.45, 7) is 9.38. The molecule has 4 aromatic carbocycles. The molecule has 336 valence electrons. The predicted molar refractivity (Wildman–Crippen MR) is 275 cm³/mol. The molecule has 10 rings (SSSR count). The summed E-state index contributed by atoms with van der Waals surface area (Å²) in [4.78, 5) is 33.2. The molecule has 12 heteroatoms. The zero-order valence-corrected chi connectivity index (χ0v) is 39.6. The number of halogens is 2. The summed E-state index contributed by atoms with van der Waals surface area (Å²) in [6.07, 6.45) is 12.2. The number of rotatable bonds is 13. The molecule has 0 saturated carbocycles. The monoisotopic (exact) mass is 936 g/mol. The number of fused-ring (bicyclic) bond motifs is 4. The Kier molecular flexibility index (Phi) is 17.6. The summed E-state index contributed by atoms with van der Waals surface area (Å²) in [5.41, 5.74) is 5.72. The van der Waals surface area contributed by atoms with Crippen molar-refractivity contribution in [3.63, 3.8) is 0 Å². The molecule has 0 atom stereocenters. The second-order valence-corrected chi connectivity index (χ2v) is 18.6. The molecule has 0 radical (unpaired) electrons. The van der Waals surface area contributed by atoms with E-state index < -0.39 is 0 Å². The number of hydrogen-bond donors (Lipinski definition) is 1. The highest BCUT2D eigenvalue weighted by atomic mass is 35.5. The van der Waals surface area contributed by atoms with Gasteiger partial charge in [0.25, 0.3) is 0 Å². The average molecular weight is 938 g/mol. The second-order valence-electron chi connectivity index (χ2n) is 16.3. The number of nitrogens with zero attached hydrogens (tertiary/aromatic N) is 3. The van der Waals surface area contributed by atoms with Gasteiger partial charge in [-0.3, -0.25) is 14.5 Å². The van der Waals surface area contributed by atoms with Crippen molar-refractivity contribution in [2.24, 2.45) is 0 Å². The Morgan fingerprint density at radius 1 is 0.625 bits per heavy atom. The first-order valence-electron chi connectivity index (χ1n) is 22.4. The predicted octanol–water partition coefficient (Wildman–Crippen LogP) is 12.3. The summed E-state index contributed by atoms with van der Waals surface area (Å²) in [5, 5.41) is 8.20. The van der Waals surface area contributed by atoms with Crippen LogP contribution < -0.4 is 24.8 Å². The van der Waals surface area contributed by atoms with E-state index in [1.54, 1.807) is 12.1 Å². The third-order valence-electron chi connectivity index (χ3n) is 11.9. The molecule has 2 aliphatic heterocycles. The molecule has 64 heavy (non-hydrogen) atoms. The maximum absolute atomic E-state index is 11.6. The van der Waals surface area contributed by atoms with Crippen LogP contribution in [0.4, 0.5) is 11.4 Å². The quantitative estimate of drug-likeness (QED) is 0.0911. The lowest BCUT2D eigenvalue weighted by Gasteiger charge is -2.36. The Bertz CT molecular complexity index is 2660. The van der Waals surface area contributed by atoms with Gasteiger partial charge in [-0.1, -0.05) is 24.3 Å². The maximum atomic E-state index is 11.6. The number of ether oxygens (including phenoxy) is 2. The number of H-pyrrole nitrogens is 1. The lowest BCUT2D eigenvalue weighted by Crippen LogP contribution is -2.46. The van der Waals surface area contributed by atoms with Crippen LogP contribution in [0, 0.1) is 0 Å². The first-order valence-corrected chi connectivity index (χ1v) is 24.7. The Hall–Kier alpha value is -4.84. The fourth-order valence-electron chi connectivity index (χ4n) is 8.50. The molecule has 8 nitrogen and oxygen atoms in total. The van der Waals surface area contributed by atoms with Crippen LogP contribution in [0.5, 0.6) is 11.5 Å². The number of anilines is 2. The fraction of sp³-hybridized carbons (Fsp3) is 0.346. The van der Waals surface area contributed by atoms with Gasteiger partial charge in [0.05, 0.1) is 18.7 Å². The first kappa shape index (κ1) is 47.1. The number of benzene rings is 4. The number of carbonyl (C=O) groups excluding carboxylic acids is 1. The van der Waals surface area contributed by atoms with Gasteiger partial charge >= 0.3 is 0 Å². The molecule has 2 saturated heterocycles. The van der Waals surface area contributed by atoms with Crippen LogP contribution >= 0.6 is 46.7 Å². The van der Waals surface area contributed by atoms with Crippen LogP contribution in [-0.2, 0) is 11.2 Å². The lowest BCUT2D eigenvalue weighted by molar-refractivity contribution is -0.114. The number of thiophene rings is 2. The van der Waals surface area contributed by atoms with Gasteiger partial charge in [-0.05, 0) is 152 Å². The molecular weight excluding hydrogens is 880 g/mol. The number of alkyl halides is 1. The van der Waals surface area contributed by atoms with Gasteiger partial charge in [-0.15, -0.1) is 46.7 Å². The van der Waals surface area contributed by atoms with Crippen molar-refractivity contribution in [2.75, 3.05) is 74.7 Å². The molecule has 2 fully saturated rings. The van der Waals surface area contributed by atoms with E-state index in [1.807, 2.05) is 65.1 Å². The van der Waals surface area contributed by atoms with Gasteiger partial charge in [0.15, 0.2) is 5.78 Å². The van der Waals surface area contributed by atoms with E-state index in [0.29, 0.717) is 18.9 Å². The Morgan fingerprint density at radius 3 is 1.94 bits per heavy atom. The van der Waals surface area contributed by atoms with Crippen molar-refractivity contribution >= 4 is 101 Å². The van der Waals surface area contributed by atoms with Crippen molar-refractivity contribution in [1.29, 1.82) is 0 Å². The van der Waals surface area contributed by atoms with E-state index in [9.17, 15) is 9.59 Å². The molecule has 0 spiro atoms. The maximum Gasteiger partial charge on any atom is 0.248 e. The number of aromatic amines is 1. The van der Waals surface area contributed by atoms with Crippen molar-refractivity contribution in [1.82, 2.24) is 9.88 Å². The van der Waals surface area contributed by atoms with Gasteiger partial charge in [0.1, 0.15) is 11.5 Å². The normalized spacial score (nSPS) is 14.9. The molecule has 0 bridgehead atoms. The van der Waals surface area contributed by atoms with Crippen molar-refractivity contribution in [3.8, 4) is 11.5 Å². The van der Waals surface area contributed by atoms with Crippen molar-refractivity contribution in [3.05, 3.63) is 135 Å². The summed E-state index contributed by atoms with van der Waals surface area (Å²) in [7, 11) is 0. The largest absolute Gasteiger partial charge is 0.494 e. The molecule has 0 unspecified atom stereocenters. The zero-order chi connectivity index (χ0) is 43.2. The van der Waals surface area contributed by atoms with Crippen molar-refractivity contribution in [2.45, 2.75) is 51.4 Å². The SMILES string of the molecule is Cl.O=C1C=Cc2ccc(OCCCCN3CCN(c4cccc5sccc45)CC3)cc2C1.O=c1ccc2ccc(OCCCCCl)cc2[nH]1.c1cc(N2CCCCC2)c2ccsc2c1. The highest BCUT2D eigenvalue weighted by Crippen LogP contribution is 2.33. The number of aromatic nitrogens is 1. The third-order valence-corrected chi connectivity index (χ3v) is 13.9. The Labute approximate surface area is 395 Å². The molecule has 1 aliphatic carbocycles. The molecule has 0 amide bonds. The van der Waals surface area contributed by atoms with Crippen LogP contribution in [0.25, 0.3) is 37.2 Å². The number of unbranched alkanes of at least 4 members (excludes halogenated alkanes) is 2. The minimum Gasteiger partial charge on any atom is -0.494 e. The number of hydrogen-bond acceptors (Lipinski definition) is 9. The molecular formula is C52H58Cl2N4O4S2. The van der Waals surface area contributed by atoms with E-state index in [1.165, 1.54) is 70.0 Å². The van der Waals surface area contributed by atoms with Gasteiger partial charge in [0.2, 0.25) is 5.56 Å². The standard InChI is InChI=1S/C26H28N2O2S.C13H14ClNO2.C13H15NS.ClH/c29-22-8-6-20-7-9-23(19-21(20)18-22)30-16-2-1-11-27-12-14-28(15-13-27)25-4-3-5-26-24(25)10-17-31-26;14-7-1-2-8-17-11-5-3-10-4-6-13(16)15-12(10)9-11;1-2-8-14(9-3-1)12-5-4-6-13-11(12)7-10-15-13;/h3-10,17,19H,1-2,11-16,18H2;3-6,9H,1-2,7-8H2,(H,15,16);4-7,10H,1-3,8-9H2;1H. The summed E-state index contributed by atoms with van der Waals surface area (Å²) < 4.78 is 14.3. The van der Waals surface area contributed by atoms with Gasteiger partial charge in [0, 0.05) is 95.2 Å². The van der Waals surface area contributed by atoms with Crippen LogP contribution in [0.15, 0.2) is 119 Å². The number of pyridine rings is 1. The number of allylic oxidation sites excluding steroid dienone is 1. The molecule has 3 aliphatic rings. The fourth-order valence-corrected chi connectivity index (χ4v) is 10.3. The van der Waals surface area contributed by atoms with Gasteiger partial charge in [-0.2, -0.15) is 0 Å². The average Bonchev–Trinajstić information content (AvgIpc) is 4.02. The van der Waals surface area contributed by atoms with Crippen LogP contribution in [0.2, 0.25) is 0 Å². The number of ketones is 1. The van der Waals surface area contributed by atoms with E-state index in [4.69, 9.17) is 21.1 Å². The number of carbonyl (C=O) groups is 1. The van der Waals surface area contributed by atoms with Gasteiger partial charge in [-0.25, -0.2) is 0 Å². The highest BCUT2D eigenvalue weighted by molar-refractivity contribution is 7.17. The molecule has 5 heterocycles. The minimum atomic E-state index is -0.100. The molecule has 7 aromatic rings. The van der Waals surface area contributed by atoms with Crippen molar-refractivity contribution < 1.29 is 14.3 Å². The van der Waals surface area contributed by atoms with Crippen LogP contribution in [0.1, 0.15) is 56.1 Å². The summed E-state index contributed by atoms with van der Waals surface area (Å²) in [6, 6.07) is 32.9. The summed E-state index contributed by atoms with van der Waals surface area (Å²) in [5.74, 6) is 2.47. The third kappa shape index (κ3) is 12.7. The molecule has 1 N–H and O–H groups in total. The highest BCUT2D eigenvalue weighted by Gasteiger charge is 2.19.